The maximum atomic E-state index is 11.4. The second-order valence-corrected chi connectivity index (χ2v) is 4.23. The normalized spacial score (nSPS) is 9.95. The van der Waals surface area contributed by atoms with E-state index in [1.54, 1.807) is 24.3 Å². The minimum absolute atomic E-state index is 0.0258. The van der Waals surface area contributed by atoms with Crippen molar-refractivity contribution in [3.05, 3.63) is 29.8 Å². The van der Waals surface area contributed by atoms with Gasteiger partial charge in [0.15, 0.2) is 6.61 Å². The van der Waals surface area contributed by atoms with Gasteiger partial charge in [-0.2, -0.15) is 0 Å². The molecule has 0 heterocycles. The molecule has 0 bridgehead atoms. The Bertz CT molecular complexity index is 415. The van der Waals surface area contributed by atoms with Crippen LogP contribution in [0.15, 0.2) is 24.3 Å². The zero-order chi connectivity index (χ0) is 14.1. The first-order valence-corrected chi connectivity index (χ1v) is 6.43. The fourth-order valence-corrected chi connectivity index (χ4v) is 1.52. The van der Waals surface area contributed by atoms with Crippen LogP contribution >= 0.6 is 0 Å². The summed E-state index contributed by atoms with van der Waals surface area (Å²) in [5, 5.41) is 2.78. The molecule has 0 radical (unpaired) electrons. The smallest absolute Gasteiger partial charge is 0.257 e. The Balaban J connectivity index is 2.28. The van der Waals surface area contributed by atoms with Crippen LogP contribution in [0.4, 0.5) is 0 Å². The van der Waals surface area contributed by atoms with Crippen LogP contribution < -0.4 is 15.8 Å². The summed E-state index contributed by atoms with van der Waals surface area (Å²) in [7, 11) is 0. The van der Waals surface area contributed by atoms with E-state index in [-0.39, 0.29) is 12.5 Å². The van der Waals surface area contributed by atoms with Crippen molar-refractivity contribution in [3.63, 3.8) is 0 Å². The van der Waals surface area contributed by atoms with Gasteiger partial charge in [0.2, 0.25) is 5.91 Å². The van der Waals surface area contributed by atoms with Gasteiger partial charge in [-0.15, -0.1) is 0 Å². The number of primary amides is 1. The Kier molecular flexibility index (Phi) is 6.43. The second kappa shape index (κ2) is 8.13. The molecule has 0 aliphatic rings. The van der Waals surface area contributed by atoms with E-state index in [4.69, 9.17) is 10.5 Å². The highest BCUT2D eigenvalue weighted by Gasteiger charge is 2.03. The third-order valence-corrected chi connectivity index (χ3v) is 2.61. The van der Waals surface area contributed by atoms with Crippen LogP contribution in [0, 0.1) is 0 Å². The first kappa shape index (κ1) is 15.0. The van der Waals surface area contributed by atoms with Gasteiger partial charge < -0.3 is 15.8 Å². The fraction of sp³-hybridized carbons (Fsp3) is 0.429. The predicted octanol–water partition coefficient (Wildman–Crippen LogP) is 1.47. The highest BCUT2D eigenvalue weighted by Crippen LogP contribution is 2.11. The molecule has 5 nitrogen and oxygen atoms in total. The van der Waals surface area contributed by atoms with Crippen LogP contribution in [0.5, 0.6) is 5.75 Å². The molecule has 1 aromatic carbocycles. The lowest BCUT2D eigenvalue weighted by molar-refractivity contribution is -0.123. The van der Waals surface area contributed by atoms with Gasteiger partial charge in [-0.1, -0.05) is 19.8 Å². The molecule has 0 saturated carbocycles. The largest absolute Gasteiger partial charge is 0.484 e. The van der Waals surface area contributed by atoms with E-state index < -0.39 is 5.91 Å². The number of nitrogens with two attached hydrogens (primary N) is 1. The molecule has 5 heteroatoms. The average Bonchev–Trinajstić information content (AvgIpc) is 2.42. The van der Waals surface area contributed by atoms with Gasteiger partial charge in [-0.05, 0) is 30.7 Å². The summed E-state index contributed by atoms with van der Waals surface area (Å²) in [6.45, 7) is 2.76. The monoisotopic (exact) mass is 264 g/mol. The number of carbonyl (C=O) groups excluding carboxylic acids is 2. The van der Waals surface area contributed by atoms with E-state index >= 15 is 0 Å². The van der Waals surface area contributed by atoms with Gasteiger partial charge in [0.05, 0.1) is 0 Å². The zero-order valence-electron chi connectivity index (χ0n) is 11.1. The number of rotatable bonds is 8. The van der Waals surface area contributed by atoms with Crippen LogP contribution in [-0.4, -0.2) is 25.0 Å². The van der Waals surface area contributed by atoms with Gasteiger partial charge in [0.25, 0.3) is 5.91 Å². The van der Waals surface area contributed by atoms with Crippen molar-refractivity contribution in [2.75, 3.05) is 13.2 Å². The van der Waals surface area contributed by atoms with Crippen LogP contribution in [0.2, 0.25) is 0 Å². The minimum Gasteiger partial charge on any atom is -0.484 e. The van der Waals surface area contributed by atoms with Crippen LogP contribution in [0.1, 0.15) is 36.5 Å². The predicted molar refractivity (Wildman–Crippen MR) is 73.0 cm³/mol. The Morgan fingerprint density at radius 2 is 1.89 bits per heavy atom. The number of hydrogen-bond donors (Lipinski definition) is 2. The van der Waals surface area contributed by atoms with E-state index in [1.165, 1.54) is 0 Å². The van der Waals surface area contributed by atoms with Gasteiger partial charge in [0, 0.05) is 12.1 Å². The molecular weight excluding hydrogens is 244 g/mol. The van der Waals surface area contributed by atoms with E-state index in [0.29, 0.717) is 17.9 Å². The number of carbonyl (C=O) groups is 2. The number of benzene rings is 1. The molecule has 1 rings (SSSR count). The number of nitrogens with one attached hydrogen (secondary N) is 1. The molecule has 19 heavy (non-hydrogen) atoms. The van der Waals surface area contributed by atoms with E-state index in [9.17, 15) is 9.59 Å². The Morgan fingerprint density at radius 1 is 1.21 bits per heavy atom. The summed E-state index contributed by atoms with van der Waals surface area (Å²) in [5.74, 6) is -0.0935. The second-order valence-electron chi connectivity index (χ2n) is 4.23. The molecule has 0 spiro atoms. The number of amides is 2. The van der Waals surface area contributed by atoms with Crippen molar-refractivity contribution in [1.82, 2.24) is 5.32 Å². The minimum atomic E-state index is -0.486. The van der Waals surface area contributed by atoms with Gasteiger partial charge in [0.1, 0.15) is 5.75 Å². The van der Waals surface area contributed by atoms with E-state index in [1.807, 2.05) is 0 Å². The van der Waals surface area contributed by atoms with Crippen LogP contribution in [0.3, 0.4) is 0 Å². The quantitative estimate of drug-likeness (QED) is 0.698. The Morgan fingerprint density at radius 3 is 2.47 bits per heavy atom. The summed E-state index contributed by atoms with van der Waals surface area (Å²) in [4.78, 5) is 22.3. The summed E-state index contributed by atoms with van der Waals surface area (Å²) in [6.07, 6.45) is 3.21. The first-order chi connectivity index (χ1) is 9.13. The standard InChI is InChI=1S/C14H20N2O3/c1-2-3-4-9-16-13(17)10-19-12-7-5-11(6-8-12)14(15)18/h5-8H,2-4,9-10H2,1H3,(H2,15,18)(H,16,17). The van der Waals surface area contributed by atoms with E-state index in [0.717, 1.165) is 19.3 Å². The molecule has 0 saturated heterocycles. The first-order valence-electron chi connectivity index (χ1n) is 6.43. The van der Waals surface area contributed by atoms with Crippen LogP contribution in [-0.2, 0) is 4.79 Å². The molecule has 1 aromatic rings. The van der Waals surface area contributed by atoms with Crippen molar-refractivity contribution in [2.45, 2.75) is 26.2 Å². The van der Waals surface area contributed by atoms with Crippen molar-refractivity contribution in [1.29, 1.82) is 0 Å². The fourth-order valence-electron chi connectivity index (χ4n) is 1.52. The third-order valence-electron chi connectivity index (χ3n) is 2.61. The molecule has 0 aliphatic carbocycles. The zero-order valence-corrected chi connectivity index (χ0v) is 11.1. The Labute approximate surface area is 113 Å². The summed E-state index contributed by atoms with van der Waals surface area (Å²) < 4.78 is 5.30. The number of hydrogen-bond acceptors (Lipinski definition) is 3. The highest BCUT2D eigenvalue weighted by atomic mass is 16.5. The average molecular weight is 264 g/mol. The number of unbranched alkanes of at least 4 members (excludes halogenated alkanes) is 2. The maximum Gasteiger partial charge on any atom is 0.257 e. The molecule has 0 aromatic heterocycles. The molecule has 3 N–H and O–H groups in total. The van der Waals surface area contributed by atoms with Crippen molar-refractivity contribution < 1.29 is 14.3 Å². The van der Waals surface area contributed by atoms with Crippen LogP contribution in [0.25, 0.3) is 0 Å². The summed E-state index contributed by atoms with van der Waals surface area (Å²) in [5.41, 5.74) is 5.53. The molecule has 104 valence electrons. The maximum absolute atomic E-state index is 11.4. The lowest BCUT2D eigenvalue weighted by atomic mass is 10.2. The SMILES string of the molecule is CCCCCNC(=O)COc1ccc(C(N)=O)cc1. The number of ether oxygens (including phenoxy) is 1. The highest BCUT2D eigenvalue weighted by molar-refractivity contribution is 5.92. The van der Waals surface area contributed by atoms with E-state index in [2.05, 4.69) is 12.2 Å². The topological polar surface area (TPSA) is 81.4 Å². The summed E-state index contributed by atoms with van der Waals surface area (Å²) >= 11 is 0. The molecule has 0 unspecified atom stereocenters. The van der Waals surface area contributed by atoms with Gasteiger partial charge in [-0.25, -0.2) is 0 Å². The van der Waals surface area contributed by atoms with Crippen molar-refractivity contribution >= 4 is 11.8 Å². The molecule has 0 fully saturated rings. The summed E-state index contributed by atoms with van der Waals surface area (Å²) in [6, 6.07) is 6.36. The van der Waals surface area contributed by atoms with Crippen molar-refractivity contribution in [3.8, 4) is 5.75 Å². The third kappa shape index (κ3) is 5.90. The van der Waals surface area contributed by atoms with Crippen molar-refractivity contribution in [2.24, 2.45) is 5.73 Å². The molecule has 0 aliphatic heterocycles. The molecule has 0 atom stereocenters. The molecular formula is C14H20N2O3. The van der Waals surface area contributed by atoms with Gasteiger partial charge >= 0.3 is 0 Å². The van der Waals surface area contributed by atoms with Gasteiger partial charge in [-0.3, -0.25) is 9.59 Å². The lowest BCUT2D eigenvalue weighted by Gasteiger charge is -2.07. The lowest BCUT2D eigenvalue weighted by Crippen LogP contribution is -2.29. The molecule has 2 amide bonds. The Hall–Kier alpha value is -2.04.